The van der Waals surface area contributed by atoms with E-state index in [2.05, 4.69) is 10.3 Å². The predicted molar refractivity (Wildman–Crippen MR) is 122 cm³/mol. The van der Waals surface area contributed by atoms with Gasteiger partial charge < -0.3 is 5.32 Å². The molecule has 2 N–H and O–H groups in total. The van der Waals surface area contributed by atoms with Crippen molar-refractivity contribution in [1.82, 2.24) is 9.55 Å². The number of rotatable bonds is 5. The summed E-state index contributed by atoms with van der Waals surface area (Å²) in [6.07, 6.45) is 1.58. The number of carbonyl (C=O) groups is 1. The number of nitrogens with zero attached hydrogens (tertiary/aromatic N) is 1. The van der Waals surface area contributed by atoms with E-state index in [-0.39, 0.29) is 12.3 Å². The molecule has 4 rings (SSSR count). The summed E-state index contributed by atoms with van der Waals surface area (Å²) in [5.41, 5.74) is 2.89. The van der Waals surface area contributed by atoms with Crippen molar-refractivity contribution in [3.63, 3.8) is 0 Å². The Morgan fingerprint density at radius 1 is 0.903 bits per heavy atom. The van der Waals surface area contributed by atoms with Crippen molar-refractivity contribution in [2.75, 3.05) is 5.32 Å². The van der Waals surface area contributed by atoms with Gasteiger partial charge in [0.1, 0.15) is 0 Å². The van der Waals surface area contributed by atoms with E-state index >= 15 is 0 Å². The van der Waals surface area contributed by atoms with Crippen LogP contribution in [0.5, 0.6) is 0 Å². The van der Waals surface area contributed by atoms with Crippen molar-refractivity contribution in [2.24, 2.45) is 0 Å². The second-order valence-electron chi connectivity index (χ2n) is 6.97. The quantitative estimate of drug-likeness (QED) is 0.500. The smallest absolute Gasteiger partial charge is 0.326 e. The van der Waals surface area contributed by atoms with Gasteiger partial charge in [-0.3, -0.25) is 19.1 Å². The molecule has 1 amide bonds. The average Bonchev–Trinajstić information content (AvgIpc) is 2.74. The van der Waals surface area contributed by atoms with Crippen LogP contribution < -0.4 is 16.6 Å². The van der Waals surface area contributed by atoms with Gasteiger partial charge in [-0.2, -0.15) is 0 Å². The monoisotopic (exact) mass is 431 g/mol. The lowest BCUT2D eigenvalue weighted by atomic mass is 10.0. The molecule has 0 aliphatic rings. The molecule has 1 aromatic heterocycles. The minimum atomic E-state index is -0.547. The molecule has 0 aliphatic heterocycles. The first-order valence-electron chi connectivity index (χ1n) is 9.55. The Morgan fingerprint density at radius 3 is 2.42 bits per heavy atom. The van der Waals surface area contributed by atoms with Gasteiger partial charge in [0.05, 0.1) is 12.1 Å². The van der Waals surface area contributed by atoms with Crippen LogP contribution in [0.4, 0.5) is 5.69 Å². The summed E-state index contributed by atoms with van der Waals surface area (Å²) >= 11 is 6.08. The highest BCUT2D eigenvalue weighted by atomic mass is 35.5. The summed E-state index contributed by atoms with van der Waals surface area (Å²) in [4.78, 5) is 38.1. The maximum atomic E-state index is 12.6. The van der Waals surface area contributed by atoms with Crippen LogP contribution in [0.1, 0.15) is 5.56 Å². The van der Waals surface area contributed by atoms with Crippen LogP contribution >= 0.6 is 11.6 Å². The van der Waals surface area contributed by atoms with Crippen molar-refractivity contribution in [3.05, 3.63) is 116 Å². The minimum Gasteiger partial charge on any atom is -0.326 e. The second-order valence-corrected chi connectivity index (χ2v) is 7.40. The van der Waals surface area contributed by atoms with Crippen molar-refractivity contribution in [2.45, 2.75) is 6.42 Å². The van der Waals surface area contributed by atoms with Crippen molar-refractivity contribution in [1.29, 1.82) is 0 Å². The van der Waals surface area contributed by atoms with Gasteiger partial charge in [-0.1, -0.05) is 54.1 Å². The number of carbonyl (C=O) groups excluding carboxylic acids is 1. The number of aromatic amines is 1. The zero-order chi connectivity index (χ0) is 21.8. The molecule has 1 heterocycles. The number of aromatic nitrogens is 2. The molecular formula is C24H18ClN3O3. The number of hydrogen-bond acceptors (Lipinski definition) is 3. The first-order chi connectivity index (χ1) is 15.0. The van der Waals surface area contributed by atoms with Crippen LogP contribution in [-0.4, -0.2) is 15.5 Å². The van der Waals surface area contributed by atoms with Crippen LogP contribution in [0.2, 0.25) is 5.02 Å². The average molecular weight is 432 g/mol. The second kappa shape index (κ2) is 8.85. The third-order valence-corrected chi connectivity index (χ3v) is 4.92. The molecule has 7 heteroatoms. The Hall–Kier alpha value is -3.90. The minimum absolute atomic E-state index is 0.186. The van der Waals surface area contributed by atoms with E-state index < -0.39 is 11.2 Å². The predicted octanol–water partition coefficient (Wildman–Crippen LogP) is 4.03. The third kappa shape index (κ3) is 4.99. The van der Waals surface area contributed by atoms with E-state index in [0.29, 0.717) is 16.4 Å². The molecule has 0 bridgehead atoms. The number of H-pyrrole nitrogens is 1. The molecule has 3 aromatic carbocycles. The number of benzene rings is 3. The number of anilines is 1. The van der Waals surface area contributed by atoms with Crippen molar-refractivity contribution >= 4 is 23.2 Å². The van der Waals surface area contributed by atoms with Crippen molar-refractivity contribution in [3.8, 4) is 16.8 Å². The number of halogens is 1. The fraction of sp³-hybridized carbons (Fsp3) is 0.0417. The van der Waals surface area contributed by atoms with Gasteiger partial charge in [0.25, 0.3) is 5.56 Å². The summed E-state index contributed by atoms with van der Waals surface area (Å²) in [6, 6.07) is 23.4. The molecule has 4 aromatic rings. The molecular weight excluding hydrogens is 414 g/mol. The molecule has 0 atom stereocenters. The van der Waals surface area contributed by atoms with Gasteiger partial charge in [-0.05, 0) is 47.0 Å². The molecule has 0 radical (unpaired) electrons. The maximum absolute atomic E-state index is 12.6. The molecule has 0 aliphatic carbocycles. The lowest BCUT2D eigenvalue weighted by molar-refractivity contribution is -0.115. The summed E-state index contributed by atoms with van der Waals surface area (Å²) in [6.45, 7) is 0. The standard InChI is InChI=1S/C24H18ClN3O3/c25-19-7-2-6-18(14-19)17-5-1-4-16(12-17)13-23(30)26-20-8-3-9-21(15-20)28-11-10-22(29)27-24(28)31/h1-12,14-15H,13H2,(H,26,30)(H,27,29,31). The van der Waals surface area contributed by atoms with Crippen LogP contribution in [0.3, 0.4) is 0 Å². The van der Waals surface area contributed by atoms with Gasteiger partial charge in [0.15, 0.2) is 0 Å². The summed E-state index contributed by atoms with van der Waals surface area (Å²) < 4.78 is 1.30. The number of nitrogens with one attached hydrogen (secondary N) is 2. The lowest BCUT2D eigenvalue weighted by Crippen LogP contribution is -2.27. The largest absolute Gasteiger partial charge is 0.332 e. The fourth-order valence-corrected chi connectivity index (χ4v) is 3.46. The highest BCUT2D eigenvalue weighted by Gasteiger charge is 2.08. The van der Waals surface area contributed by atoms with Crippen LogP contribution in [0, 0.1) is 0 Å². The van der Waals surface area contributed by atoms with Gasteiger partial charge in [0, 0.05) is 23.0 Å². The Kier molecular flexibility index (Phi) is 5.82. The van der Waals surface area contributed by atoms with Crippen LogP contribution in [0.15, 0.2) is 94.6 Å². The van der Waals surface area contributed by atoms with Gasteiger partial charge in [-0.15, -0.1) is 0 Å². The Morgan fingerprint density at radius 2 is 1.65 bits per heavy atom. The molecule has 0 saturated carbocycles. The zero-order valence-electron chi connectivity index (χ0n) is 16.3. The molecule has 0 unspecified atom stereocenters. The maximum Gasteiger partial charge on any atom is 0.332 e. The highest BCUT2D eigenvalue weighted by molar-refractivity contribution is 6.30. The Bertz CT molecular complexity index is 1370. The van der Waals surface area contributed by atoms with Crippen molar-refractivity contribution < 1.29 is 4.79 Å². The van der Waals surface area contributed by atoms with E-state index in [1.807, 2.05) is 48.5 Å². The first-order valence-corrected chi connectivity index (χ1v) is 9.93. The number of amides is 1. The SMILES string of the molecule is O=C(Cc1cccc(-c2cccc(Cl)c2)c1)Nc1cccc(-n2ccc(=O)[nH]c2=O)c1. The fourth-order valence-electron chi connectivity index (χ4n) is 3.27. The summed E-state index contributed by atoms with van der Waals surface area (Å²) in [5, 5.41) is 3.51. The van der Waals surface area contributed by atoms with Crippen LogP contribution in [-0.2, 0) is 11.2 Å². The zero-order valence-corrected chi connectivity index (χ0v) is 17.1. The Labute approximate surface area is 182 Å². The lowest BCUT2D eigenvalue weighted by Gasteiger charge is -2.10. The number of hydrogen-bond donors (Lipinski definition) is 2. The third-order valence-electron chi connectivity index (χ3n) is 4.68. The molecule has 6 nitrogen and oxygen atoms in total. The van der Waals surface area contributed by atoms with E-state index in [1.165, 1.54) is 16.8 Å². The Balaban J connectivity index is 1.50. The topological polar surface area (TPSA) is 84.0 Å². The molecule has 31 heavy (non-hydrogen) atoms. The first kappa shape index (κ1) is 20.4. The molecule has 0 spiro atoms. The van der Waals surface area contributed by atoms with E-state index in [9.17, 15) is 14.4 Å². The normalized spacial score (nSPS) is 10.6. The molecule has 0 saturated heterocycles. The van der Waals surface area contributed by atoms with Gasteiger partial charge in [0.2, 0.25) is 5.91 Å². The van der Waals surface area contributed by atoms with E-state index in [1.54, 1.807) is 24.3 Å². The van der Waals surface area contributed by atoms with Gasteiger partial charge >= 0.3 is 5.69 Å². The molecule has 154 valence electrons. The van der Waals surface area contributed by atoms with E-state index in [4.69, 9.17) is 11.6 Å². The molecule has 0 fully saturated rings. The van der Waals surface area contributed by atoms with Gasteiger partial charge in [-0.25, -0.2) is 4.79 Å². The summed E-state index contributed by atoms with van der Waals surface area (Å²) in [7, 11) is 0. The van der Waals surface area contributed by atoms with Crippen LogP contribution in [0.25, 0.3) is 16.8 Å². The highest BCUT2D eigenvalue weighted by Crippen LogP contribution is 2.24. The van der Waals surface area contributed by atoms with E-state index in [0.717, 1.165) is 16.7 Å². The summed E-state index contributed by atoms with van der Waals surface area (Å²) in [5.74, 6) is -0.186.